The Morgan fingerprint density at radius 2 is 1.89 bits per heavy atom. The summed E-state index contributed by atoms with van der Waals surface area (Å²) in [5.74, 6) is -2.11. The van der Waals surface area contributed by atoms with Gasteiger partial charge < -0.3 is 5.32 Å². The summed E-state index contributed by atoms with van der Waals surface area (Å²) in [5.41, 5.74) is 0. The molecule has 1 atom stereocenters. The molecule has 1 N–H and O–H groups in total. The molecule has 8 heteroatoms. The van der Waals surface area contributed by atoms with Gasteiger partial charge in [0.2, 0.25) is 10.0 Å². The minimum atomic E-state index is -4.11. The maximum absolute atomic E-state index is 13.5. The Morgan fingerprint density at radius 3 is 2.42 bits per heavy atom. The third kappa shape index (κ3) is 3.22. The van der Waals surface area contributed by atoms with Crippen LogP contribution in [0.15, 0.2) is 23.1 Å². The van der Waals surface area contributed by atoms with Gasteiger partial charge in [0.15, 0.2) is 4.90 Å². The summed E-state index contributed by atoms with van der Waals surface area (Å²) in [6.07, 6.45) is 0. The molecule has 19 heavy (non-hydrogen) atoms. The molecule has 4 nitrogen and oxygen atoms in total. The van der Waals surface area contributed by atoms with Crippen molar-refractivity contribution < 1.29 is 17.2 Å². The number of benzene rings is 1. The first-order valence-electron chi connectivity index (χ1n) is 5.60. The molecule has 1 aromatic carbocycles. The van der Waals surface area contributed by atoms with Gasteiger partial charge in [-0.25, -0.2) is 17.2 Å². The molecule has 108 valence electrons. The Morgan fingerprint density at radius 1 is 1.32 bits per heavy atom. The maximum atomic E-state index is 13.5. The van der Waals surface area contributed by atoms with Crippen molar-refractivity contribution in [2.24, 2.45) is 0 Å². The van der Waals surface area contributed by atoms with Gasteiger partial charge in [0, 0.05) is 25.7 Å². The molecule has 0 bridgehead atoms. The standard InChI is InChI=1S/C11H14F2N2O2S.ClH/c1-8-7-15(6-5-14-8)18(16,17)11-9(12)3-2-4-10(11)13;/h2-4,8,14H,5-7H2,1H3;1H. The van der Waals surface area contributed by atoms with E-state index >= 15 is 0 Å². The van der Waals surface area contributed by atoms with Gasteiger partial charge in [0.05, 0.1) is 0 Å². The highest BCUT2D eigenvalue weighted by molar-refractivity contribution is 7.89. The Hall–Kier alpha value is -0.760. The average Bonchev–Trinajstić information content (AvgIpc) is 2.28. The summed E-state index contributed by atoms with van der Waals surface area (Å²) in [4.78, 5) is -0.862. The van der Waals surface area contributed by atoms with E-state index in [4.69, 9.17) is 0 Å². The van der Waals surface area contributed by atoms with Gasteiger partial charge in [-0.3, -0.25) is 0 Å². The topological polar surface area (TPSA) is 49.4 Å². The number of nitrogens with zero attached hydrogens (tertiary/aromatic N) is 1. The molecule has 1 aromatic rings. The second-order valence-electron chi connectivity index (χ2n) is 4.27. The fourth-order valence-corrected chi connectivity index (χ4v) is 3.61. The first-order chi connectivity index (χ1) is 8.43. The summed E-state index contributed by atoms with van der Waals surface area (Å²) in [7, 11) is -4.11. The van der Waals surface area contributed by atoms with E-state index < -0.39 is 26.6 Å². The van der Waals surface area contributed by atoms with Crippen LogP contribution in [0, 0.1) is 11.6 Å². The van der Waals surface area contributed by atoms with Gasteiger partial charge in [-0.05, 0) is 19.1 Å². The van der Waals surface area contributed by atoms with Gasteiger partial charge >= 0.3 is 0 Å². The van der Waals surface area contributed by atoms with E-state index in [0.29, 0.717) is 6.54 Å². The molecule has 0 amide bonds. The fraction of sp³-hybridized carbons (Fsp3) is 0.455. The molecule has 1 heterocycles. The molecule has 0 aromatic heterocycles. The van der Waals surface area contributed by atoms with E-state index in [1.165, 1.54) is 0 Å². The first kappa shape index (κ1) is 16.3. The van der Waals surface area contributed by atoms with Crippen LogP contribution in [0.25, 0.3) is 0 Å². The van der Waals surface area contributed by atoms with E-state index in [9.17, 15) is 17.2 Å². The van der Waals surface area contributed by atoms with Crippen LogP contribution < -0.4 is 5.32 Å². The quantitative estimate of drug-likeness (QED) is 0.897. The van der Waals surface area contributed by atoms with Crippen LogP contribution in [0.5, 0.6) is 0 Å². The second kappa shape index (κ2) is 6.13. The van der Waals surface area contributed by atoms with E-state index in [-0.39, 0.29) is 31.5 Å². The van der Waals surface area contributed by atoms with Crippen molar-refractivity contribution in [3.8, 4) is 0 Å². The van der Waals surface area contributed by atoms with E-state index in [1.807, 2.05) is 6.92 Å². The number of hydrogen-bond acceptors (Lipinski definition) is 3. The Bertz CT molecular complexity index is 533. The third-order valence-electron chi connectivity index (χ3n) is 2.85. The van der Waals surface area contributed by atoms with Crippen LogP contribution in [-0.2, 0) is 10.0 Å². The summed E-state index contributed by atoms with van der Waals surface area (Å²) < 4.78 is 52.6. The lowest BCUT2D eigenvalue weighted by molar-refractivity contribution is 0.307. The highest BCUT2D eigenvalue weighted by Crippen LogP contribution is 2.23. The molecule has 1 aliphatic rings. The number of nitrogens with one attached hydrogen (secondary N) is 1. The lowest BCUT2D eigenvalue weighted by Crippen LogP contribution is -2.51. The smallest absolute Gasteiger partial charge is 0.249 e. The van der Waals surface area contributed by atoms with E-state index in [1.54, 1.807) is 0 Å². The molecule has 1 aliphatic heterocycles. The summed E-state index contributed by atoms with van der Waals surface area (Å²) in [5, 5.41) is 3.07. The number of rotatable bonds is 2. The Kier molecular flexibility index (Phi) is 5.26. The summed E-state index contributed by atoms with van der Waals surface area (Å²) in [6.45, 7) is 2.70. The predicted octanol–water partition coefficient (Wildman–Crippen LogP) is 1.37. The van der Waals surface area contributed by atoms with E-state index in [0.717, 1.165) is 22.5 Å². The highest BCUT2D eigenvalue weighted by Gasteiger charge is 2.32. The molecule has 0 radical (unpaired) electrons. The minimum absolute atomic E-state index is 0. The van der Waals surface area contributed by atoms with Crippen LogP contribution in [0.1, 0.15) is 6.92 Å². The number of halogens is 3. The lowest BCUT2D eigenvalue weighted by Gasteiger charge is -2.31. The largest absolute Gasteiger partial charge is 0.312 e. The monoisotopic (exact) mass is 312 g/mol. The van der Waals surface area contributed by atoms with Gasteiger partial charge in [-0.1, -0.05) is 6.07 Å². The number of sulfonamides is 1. The molecule has 1 fully saturated rings. The first-order valence-corrected chi connectivity index (χ1v) is 7.04. The molecular formula is C11H15ClF2N2O2S. The normalized spacial score (nSPS) is 20.9. The van der Waals surface area contributed by atoms with Crippen LogP contribution in [0.3, 0.4) is 0 Å². The van der Waals surface area contributed by atoms with Crippen molar-refractivity contribution in [1.82, 2.24) is 9.62 Å². The van der Waals surface area contributed by atoms with Crippen molar-refractivity contribution in [1.29, 1.82) is 0 Å². The average molecular weight is 313 g/mol. The predicted molar refractivity (Wildman–Crippen MR) is 69.8 cm³/mol. The summed E-state index contributed by atoms with van der Waals surface area (Å²) >= 11 is 0. The van der Waals surface area contributed by atoms with Crippen LogP contribution >= 0.6 is 12.4 Å². The van der Waals surface area contributed by atoms with Gasteiger partial charge in [0.25, 0.3) is 0 Å². The highest BCUT2D eigenvalue weighted by atomic mass is 35.5. The van der Waals surface area contributed by atoms with Crippen LogP contribution in [0.2, 0.25) is 0 Å². The third-order valence-corrected chi connectivity index (χ3v) is 4.77. The van der Waals surface area contributed by atoms with Crippen molar-refractivity contribution in [2.75, 3.05) is 19.6 Å². The minimum Gasteiger partial charge on any atom is -0.312 e. The maximum Gasteiger partial charge on any atom is 0.249 e. The lowest BCUT2D eigenvalue weighted by atomic mass is 10.3. The van der Waals surface area contributed by atoms with Gasteiger partial charge in [-0.15, -0.1) is 12.4 Å². The molecule has 2 rings (SSSR count). The van der Waals surface area contributed by atoms with Gasteiger partial charge in [-0.2, -0.15) is 4.31 Å². The zero-order chi connectivity index (χ0) is 13.3. The van der Waals surface area contributed by atoms with Crippen molar-refractivity contribution in [2.45, 2.75) is 17.9 Å². The zero-order valence-corrected chi connectivity index (χ0v) is 11.9. The molecule has 1 saturated heterocycles. The van der Waals surface area contributed by atoms with Crippen molar-refractivity contribution in [3.63, 3.8) is 0 Å². The fourth-order valence-electron chi connectivity index (χ4n) is 1.97. The van der Waals surface area contributed by atoms with Crippen molar-refractivity contribution in [3.05, 3.63) is 29.8 Å². The zero-order valence-electron chi connectivity index (χ0n) is 10.3. The molecule has 0 saturated carbocycles. The molecule has 0 spiro atoms. The number of hydrogen-bond donors (Lipinski definition) is 1. The van der Waals surface area contributed by atoms with Crippen LogP contribution in [0.4, 0.5) is 8.78 Å². The van der Waals surface area contributed by atoms with Crippen LogP contribution in [-0.4, -0.2) is 38.4 Å². The SMILES string of the molecule is CC1CN(S(=O)(=O)c2c(F)cccc2F)CCN1.Cl. The molecular weight excluding hydrogens is 298 g/mol. The molecule has 1 unspecified atom stereocenters. The van der Waals surface area contributed by atoms with E-state index in [2.05, 4.69) is 5.32 Å². The molecule has 0 aliphatic carbocycles. The van der Waals surface area contributed by atoms with Gasteiger partial charge in [0.1, 0.15) is 11.6 Å². The van der Waals surface area contributed by atoms with Crippen molar-refractivity contribution >= 4 is 22.4 Å². The second-order valence-corrected chi connectivity index (χ2v) is 6.14. The number of piperazine rings is 1. The summed E-state index contributed by atoms with van der Waals surface area (Å²) in [6, 6.07) is 3.00. The Labute approximate surface area is 117 Å². The Balaban J connectivity index is 0.00000180.